The average molecular weight is 290 g/mol. The molecule has 1 aromatic rings. The summed E-state index contributed by atoms with van der Waals surface area (Å²) in [6.07, 6.45) is 0. The quantitative estimate of drug-likeness (QED) is 0.753. The highest BCUT2D eigenvalue weighted by Gasteiger charge is 1.98. The van der Waals surface area contributed by atoms with Crippen LogP contribution in [0.2, 0.25) is 0 Å². The van der Waals surface area contributed by atoms with Gasteiger partial charge in [-0.25, -0.2) is 0 Å². The van der Waals surface area contributed by atoms with E-state index >= 15 is 0 Å². The molecule has 16 heavy (non-hydrogen) atoms. The molecule has 1 rings (SSSR count). The fourth-order valence-corrected chi connectivity index (χ4v) is 1.69. The SMILES string of the molecule is COc1cc(Br)cc(NCCOCCO)c1. The number of aliphatic hydroxyl groups excluding tert-OH is 1. The number of hydrogen-bond donors (Lipinski definition) is 2. The minimum absolute atomic E-state index is 0.0602. The number of anilines is 1. The zero-order valence-electron chi connectivity index (χ0n) is 9.20. The molecule has 0 aromatic heterocycles. The molecule has 0 bridgehead atoms. The van der Waals surface area contributed by atoms with E-state index in [1.165, 1.54) is 0 Å². The van der Waals surface area contributed by atoms with Crippen LogP contribution in [-0.2, 0) is 4.74 Å². The van der Waals surface area contributed by atoms with E-state index in [0.717, 1.165) is 15.9 Å². The largest absolute Gasteiger partial charge is 0.497 e. The van der Waals surface area contributed by atoms with Crippen LogP contribution < -0.4 is 10.1 Å². The minimum atomic E-state index is 0.0602. The molecule has 1 aromatic carbocycles. The van der Waals surface area contributed by atoms with Crippen molar-refractivity contribution in [1.82, 2.24) is 0 Å². The molecule has 0 saturated carbocycles. The summed E-state index contributed by atoms with van der Waals surface area (Å²) in [6.45, 7) is 1.70. The third kappa shape index (κ3) is 4.83. The van der Waals surface area contributed by atoms with Crippen molar-refractivity contribution in [2.75, 3.05) is 38.8 Å². The maximum Gasteiger partial charge on any atom is 0.122 e. The number of hydrogen-bond acceptors (Lipinski definition) is 4. The Hall–Kier alpha value is -0.780. The molecule has 0 unspecified atom stereocenters. The zero-order valence-corrected chi connectivity index (χ0v) is 10.8. The van der Waals surface area contributed by atoms with Gasteiger partial charge < -0.3 is 19.9 Å². The fraction of sp³-hybridized carbons (Fsp3) is 0.455. The number of methoxy groups -OCH3 is 1. The first-order chi connectivity index (χ1) is 7.76. The van der Waals surface area contributed by atoms with Gasteiger partial charge in [0.1, 0.15) is 5.75 Å². The van der Waals surface area contributed by atoms with Crippen LogP contribution in [0.4, 0.5) is 5.69 Å². The molecule has 0 saturated heterocycles. The van der Waals surface area contributed by atoms with Crippen molar-refractivity contribution in [3.8, 4) is 5.75 Å². The van der Waals surface area contributed by atoms with Gasteiger partial charge in [-0.2, -0.15) is 0 Å². The monoisotopic (exact) mass is 289 g/mol. The molecule has 0 radical (unpaired) electrons. The Labute approximate surface area is 104 Å². The van der Waals surface area contributed by atoms with Crippen LogP contribution in [0.5, 0.6) is 5.75 Å². The Kier molecular flexibility index (Phi) is 6.22. The van der Waals surface area contributed by atoms with E-state index in [1.54, 1.807) is 7.11 Å². The van der Waals surface area contributed by atoms with Crippen molar-refractivity contribution in [2.24, 2.45) is 0 Å². The summed E-state index contributed by atoms with van der Waals surface area (Å²) in [5.41, 5.74) is 0.971. The lowest BCUT2D eigenvalue weighted by atomic mass is 10.3. The van der Waals surface area contributed by atoms with Gasteiger partial charge in [-0.05, 0) is 12.1 Å². The van der Waals surface area contributed by atoms with Crippen LogP contribution in [-0.4, -0.2) is 38.6 Å². The van der Waals surface area contributed by atoms with Crippen LogP contribution in [0.1, 0.15) is 0 Å². The molecule has 4 nitrogen and oxygen atoms in total. The summed E-state index contributed by atoms with van der Waals surface area (Å²) in [4.78, 5) is 0. The van der Waals surface area contributed by atoms with Crippen molar-refractivity contribution in [3.05, 3.63) is 22.7 Å². The highest BCUT2D eigenvalue weighted by molar-refractivity contribution is 9.10. The smallest absolute Gasteiger partial charge is 0.122 e. The minimum Gasteiger partial charge on any atom is -0.497 e. The molecule has 0 atom stereocenters. The van der Waals surface area contributed by atoms with Crippen LogP contribution >= 0.6 is 15.9 Å². The molecule has 0 aliphatic rings. The zero-order chi connectivity index (χ0) is 11.8. The second kappa shape index (κ2) is 7.49. The van der Waals surface area contributed by atoms with Gasteiger partial charge in [0, 0.05) is 22.8 Å². The van der Waals surface area contributed by atoms with Crippen LogP contribution in [0.25, 0.3) is 0 Å². The predicted octanol–water partition coefficient (Wildman–Crippen LogP) is 1.88. The highest BCUT2D eigenvalue weighted by atomic mass is 79.9. The Morgan fingerprint density at radius 3 is 2.81 bits per heavy atom. The standard InChI is InChI=1S/C11H16BrNO3/c1-15-11-7-9(12)6-10(8-11)13-2-4-16-5-3-14/h6-8,13-14H,2-5H2,1H3. The van der Waals surface area contributed by atoms with Gasteiger partial charge in [-0.15, -0.1) is 0 Å². The Morgan fingerprint density at radius 2 is 2.12 bits per heavy atom. The second-order valence-corrected chi connectivity index (χ2v) is 4.06. The first-order valence-corrected chi connectivity index (χ1v) is 5.82. The molecule has 0 amide bonds. The molecule has 0 spiro atoms. The first-order valence-electron chi connectivity index (χ1n) is 5.03. The average Bonchev–Trinajstić information content (AvgIpc) is 2.28. The van der Waals surface area contributed by atoms with E-state index in [1.807, 2.05) is 18.2 Å². The van der Waals surface area contributed by atoms with E-state index in [0.29, 0.717) is 19.8 Å². The predicted molar refractivity (Wildman–Crippen MR) is 67.1 cm³/mol. The van der Waals surface area contributed by atoms with Crippen molar-refractivity contribution >= 4 is 21.6 Å². The van der Waals surface area contributed by atoms with Gasteiger partial charge in [0.25, 0.3) is 0 Å². The third-order valence-corrected chi connectivity index (χ3v) is 2.38. The number of ether oxygens (including phenoxy) is 2. The summed E-state index contributed by atoms with van der Waals surface area (Å²) < 4.78 is 11.2. The fourth-order valence-electron chi connectivity index (χ4n) is 1.22. The number of rotatable bonds is 7. The van der Waals surface area contributed by atoms with Gasteiger partial charge in [-0.3, -0.25) is 0 Å². The van der Waals surface area contributed by atoms with Crippen LogP contribution in [0.3, 0.4) is 0 Å². The number of nitrogens with one attached hydrogen (secondary N) is 1. The van der Waals surface area contributed by atoms with Gasteiger partial charge in [0.05, 0.1) is 26.9 Å². The van der Waals surface area contributed by atoms with Crippen LogP contribution in [0.15, 0.2) is 22.7 Å². The summed E-state index contributed by atoms with van der Waals surface area (Å²) in [5.74, 6) is 0.799. The van der Waals surface area contributed by atoms with E-state index in [4.69, 9.17) is 14.6 Å². The molecular weight excluding hydrogens is 274 g/mol. The van der Waals surface area contributed by atoms with Crippen molar-refractivity contribution < 1.29 is 14.6 Å². The second-order valence-electron chi connectivity index (χ2n) is 3.14. The van der Waals surface area contributed by atoms with E-state index in [-0.39, 0.29) is 6.61 Å². The summed E-state index contributed by atoms with van der Waals surface area (Å²) in [5, 5.41) is 11.7. The van der Waals surface area contributed by atoms with E-state index in [9.17, 15) is 0 Å². The van der Waals surface area contributed by atoms with Crippen molar-refractivity contribution in [2.45, 2.75) is 0 Å². The Bertz CT molecular complexity index is 320. The summed E-state index contributed by atoms with van der Waals surface area (Å²) in [6, 6.07) is 5.78. The molecule has 0 aliphatic heterocycles. The Balaban J connectivity index is 2.38. The van der Waals surface area contributed by atoms with Crippen molar-refractivity contribution in [3.63, 3.8) is 0 Å². The number of halogens is 1. The molecule has 2 N–H and O–H groups in total. The van der Waals surface area contributed by atoms with Gasteiger partial charge >= 0.3 is 0 Å². The summed E-state index contributed by atoms with van der Waals surface area (Å²) in [7, 11) is 1.63. The van der Waals surface area contributed by atoms with E-state index < -0.39 is 0 Å². The first kappa shape index (κ1) is 13.3. The molecule has 0 fully saturated rings. The summed E-state index contributed by atoms with van der Waals surface area (Å²) >= 11 is 3.40. The lowest BCUT2D eigenvalue weighted by Gasteiger charge is -2.09. The molecule has 0 heterocycles. The van der Waals surface area contributed by atoms with Crippen LogP contribution in [0, 0.1) is 0 Å². The maximum atomic E-state index is 8.52. The lowest BCUT2D eigenvalue weighted by Crippen LogP contribution is -2.11. The van der Waals surface area contributed by atoms with E-state index in [2.05, 4.69) is 21.2 Å². The number of benzene rings is 1. The Morgan fingerprint density at radius 1 is 1.31 bits per heavy atom. The molecule has 5 heteroatoms. The normalized spacial score (nSPS) is 10.2. The highest BCUT2D eigenvalue weighted by Crippen LogP contribution is 2.24. The lowest BCUT2D eigenvalue weighted by molar-refractivity contribution is 0.0992. The number of aliphatic hydroxyl groups is 1. The molecular formula is C11H16BrNO3. The maximum absolute atomic E-state index is 8.52. The topological polar surface area (TPSA) is 50.7 Å². The third-order valence-electron chi connectivity index (χ3n) is 1.92. The van der Waals surface area contributed by atoms with Gasteiger partial charge in [0.15, 0.2) is 0 Å². The van der Waals surface area contributed by atoms with Gasteiger partial charge in [0.2, 0.25) is 0 Å². The van der Waals surface area contributed by atoms with Crippen molar-refractivity contribution in [1.29, 1.82) is 0 Å². The van der Waals surface area contributed by atoms with Gasteiger partial charge in [-0.1, -0.05) is 15.9 Å². The molecule has 0 aliphatic carbocycles. The molecule has 90 valence electrons.